The molecule has 0 aliphatic carbocycles. The van der Waals surface area contributed by atoms with Crippen LogP contribution in [0.3, 0.4) is 0 Å². The predicted octanol–water partition coefficient (Wildman–Crippen LogP) is 1.25. The summed E-state index contributed by atoms with van der Waals surface area (Å²) in [6.45, 7) is 1.98. The van der Waals surface area contributed by atoms with Crippen LogP contribution in [0.15, 0.2) is 0 Å². The molecule has 0 fully saturated rings. The average Bonchev–Trinajstić information content (AvgIpc) is 2.31. The zero-order chi connectivity index (χ0) is 14.5. The van der Waals surface area contributed by atoms with E-state index in [0.717, 1.165) is 0 Å². The summed E-state index contributed by atoms with van der Waals surface area (Å²) in [4.78, 5) is 34.7. The van der Waals surface area contributed by atoms with Crippen LogP contribution >= 0.6 is 21.6 Å². The fourth-order valence-electron chi connectivity index (χ4n) is 0.719. The van der Waals surface area contributed by atoms with Gasteiger partial charge in [0.25, 0.3) is 11.6 Å². The highest BCUT2D eigenvalue weighted by molar-refractivity contribution is 8.76. The van der Waals surface area contributed by atoms with Gasteiger partial charge in [0.05, 0.1) is 0 Å². The molecule has 0 spiro atoms. The maximum atomic E-state index is 11.0. The van der Waals surface area contributed by atoms with Crippen LogP contribution in [0.5, 0.6) is 0 Å². The van der Waals surface area contributed by atoms with Crippen molar-refractivity contribution in [1.82, 2.24) is 0 Å². The fraction of sp³-hybridized carbons (Fsp3) is 0.750. The van der Waals surface area contributed by atoms with E-state index in [1.54, 1.807) is 0 Å². The summed E-state index contributed by atoms with van der Waals surface area (Å²) in [5.41, 5.74) is 0. The summed E-state index contributed by atoms with van der Waals surface area (Å²) in [6.07, 6.45) is -2.35. The second-order valence-electron chi connectivity index (χ2n) is 2.72. The van der Waals surface area contributed by atoms with E-state index >= 15 is 0 Å². The first kappa shape index (κ1) is 17.6. The standard InChI is InChI=1S/C8H13NO8S2/c1-7(17-9(12)13)16-8(11)15-3-5-19-18-4-2-14-6-10/h6-7H,2-5H2,1H3. The lowest BCUT2D eigenvalue weighted by molar-refractivity contribution is -0.777. The number of ether oxygens (including phenoxy) is 3. The molecule has 0 aliphatic heterocycles. The third kappa shape index (κ3) is 12.9. The van der Waals surface area contributed by atoms with Gasteiger partial charge >= 0.3 is 6.16 Å². The van der Waals surface area contributed by atoms with Crippen LogP contribution in [0, 0.1) is 10.1 Å². The summed E-state index contributed by atoms with van der Waals surface area (Å²) >= 11 is 0. The van der Waals surface area contributed by atoms with Crippen molar-refractivity contribution in [1.29, 1.82) is 0 Å². The predicted molar refractivity (Wildman–Crippen MR) is 66.9 cm³/mol. The minimum atomic E-state index is -1.31. The third-order valence-corrected chi connectivity index (χ3v) is 3.65. The third-order valence-electron chi connectivity index (χ3n) is 1.32. The van der Waals surface area contributed by atoms with Crippen molar-refractivity contribution >= 4 is 34.2 Å². The summed E-state index contributed by atoms with van der Waals surface area (Å²) in [5.74, 6) is 1.13. The Bertz CT molecular complexity index is 290. The minimum Gasteiger partial charge on any atom is -0.467 e. The highest BCUT2D eigenvalue weighted by Crippen LogP contribution is 2.20. The molecule has 0 bridgehead atoms. The van der Waals surface area contributed by atoms with Crippen molar-refractivity contribution < 1.29 is 33.7 Å². The van der Waals surface area contributed by atoms with Gasteiger partial charge in [0, 0.05) is 11.5 Å². The van der Waals surface area contributed by atoms with Crippen molar-refractivity contribution in [2.75, 3.05) is 24.7 Å². The minimum absolute atomic E-state index is 0.0935. The molecule has 0 rings (SSSR count). The van der Waals surface area contributed by atoms with Crippen LogP contribution in [0.4, 0.5) is 4.79 Å². The molecule has 110 valence electrons. The van der Waals surface area contributed by atoms with Crippen molar-refractivity contribution in [3.63, 3.8) is 0 Å². The molecule has 0 amide bonds. The van der Waals surface area contributed by atoms with Crippen molar-refractivity contribution in [3.05, 3.63) is 10.1 Å². The zero-order valence-corrected chi connectivity index (χ0v) is 11.6. The fourth-order valence-corrected chi connectivity index (χ4v) is 2.39. The molecule has 0 saturated heterocycles. The Kier molecular flexibility index (Phi) is 10.9. The number of hydrogen-bond acceptors (Lipinski definition) is 10. The average molecular weight is 315 g/mol. The van der Waals surface area contributed by atoms with Crippen LogP contribution < -0.4 is 0 Å². The number of hydrogen-bond donors (Lipinski definition) is 0. The molecule has 0 aliphatic rings. The van der Waals surface area contributed by atoms with Gasteiger partial charge in [0.1, 0.15) is 13.2 Å². The summed E-state index contributed by atoms with van der Waals surface area (Å²) in [6, 6.07) is 0. The van der Waals surface area contributed by atoms with E-state index in [0.29, 0.717) is 24.6 Å². The van der Waals surface area contributed by atoms with E-state index in [9.17, 15) is 19.7 Å². The molecule has 9 nitrogen and oxygen atoms in total. The van der Waals surface area contributed by atoms with Crippen LogP contribution in [0.1, 0.15) is 6.92 Å². The molecule has 19 heavy (non-hydrogen) atoms. The van der Waals surface area contributed by atoms with Crippen LogP contribution in [0.25, 0.3) is 0 Å². The topological polar surface area (TPSA) is 114 Å². The smallest absolute Gasteiger partial charge is 0.467 e. The molecule has 0 radical (unpaired) electrons. The van der Waals surface area contributed by atoms with Gasteiger partial charge in [0.2, 0.25) is 6.29 Å². The molecule has 0 N–H and O–H groups in total. The lowest BCUT2D eigenvalue weighted by atomic mass is 10.8. The molecule has 0 heterocycles. The lowest BCUT2D eigenvalue weighted by Crippen LogP contribution is -2.22. The summed E-state index contributed by atoms with van der Waals surface area (Å²) < 4.78 is 13.5. The van der Waals surface area contributed by atoms with Crippen molar-refractivity contribution in [3.8, 4) is 0 Å². The largest absolute Gasteiger partial charge is 0.510 e. The van der Waals surface area contributed by atoms with Gasteiger partial charge in [-0.1, -0.05) is 21.6 Å². The highest BCUT2D eigenvalue weighted by atomic mass is 33.1. The Hall–Kier alpha value is -1.36. The molecular weight excluding hydrogens is 302 g/mol. The second-order valence-corrected chi connectivity index (χ2v) is 5.43. The van der Waals surface area contributed by atoms with E-state index in [2.05, 4.69) is 19.0 Å². The van der Waals surface area contributed by atoms with E-state index < -0.39 is 17.5 Å². The second kappa shape index (κ2) is 11.7. The maximum absolute atomic E-state index is 11.0. The number of carbonyl (C=O) groups excluding carboxylic acids is 2. The highest BCUT2D eigenvalue weighted by Gasteiger charge is 2.13. The SMILES string of the molecule is CC(OC(=O)OCCSSCCOC=O)O[N+](=O)[O-]. The number of rotatable bonds is 11. The first-order chi connectivity index (χ1) is 9.06. The monoisotopic (exact) mass is 315 g/mol. The molecule has 0 aromatic heterocycles. The number of carbonyl (C=O) groups is 2. The molecule has 1 unspecified atom stereocenters. The Morgan fingerprint density at radius 1 is 1.37 bits per heavy atom. The molecule has 0 saturated carbocycles. The summed E-state index contributed by atoms with van der Waals surface area (Å²) in [7, 11) is 2.88. The molecule has 0 aromatic carbocycles. The maximum Gasteiger partial charge on any atom is 0.510 e. The van der Waals surface area contributed by atoms with Crippen LogP contribution in [-0.4, -0.2) is 48.7 Å². The molecule has 11 heteroatoms. The Labute approximate surface area is 116 Å². The van der Waals surface area contributed by atoms with Gasteiger partial charge in [-0.05, 0) is 6.92 Å². The Morgan fingerprint density at radius 3 is 2.58 bits per heavy atom. The number of nitrogens with zero attached hydrogens (tertiary/aromatic N) is 1. The zero-order valence-electron chi connectivity index (χ0n) is 10.0. The summed E-state index contributed by atoms with van der Waals surface area (Å²) in [5, 5.41) is 8.85. The first-order valence-corrected chi connectivity index (χ1v) is 7.49. The van der Waals surface area contributed by atoms with Gasteiger partial charge in [0.15, 0.2) is 0 Å². The molecular formula is C8H13NO8S2. The van der Waals surface area contributed by atoms with E-state index in [1.165, 1.54) is 28.5 Å². The normalized spacial score (nSPS) is 11.2. The first-order valence-electron chi connectivity index (χ1n) is 5.00. The molecule has 0 aromatic rings. The van der Waals surface area contributed by atoms with Gasteiger partial charge in [-0.15, -0.1) is 10.1 Å². The van der Waals surface area contributed by atoms with E-state index in [4.69, 9.17) is 0 Å². The molecule has 1 atom stereocenters. The van der Waals surface area contributed by atoms with Gasteiger partial charge in [-0.2, -0.15) is 0 Å². The quantitative estimate of drug-likeness (QED) is 0.105. The Balaban J connectivity index is 3.38. The van der Waals surface area contributed by atoms with Gasteiger partial charge < -0.3 is 14.2 Å². The van der Waals surface area contributed by atoms with Crippen LogP contribution in [0.2, 0.25) is 0 Å². The van der Waals surface area contributed by atoms with Gasteiger partial charge in [-0.3, -0.25) is 9.63 Å². The lowest BCUT2D eigenvalue weighted by Gasteiger charge is -2.10. The van der Waals surface area contributed by atoms with E-state index in [-0.39, 0.29) is 6.61 Å². The van der Waals surface area contributed by atoms with E-state index in [1.807, 2.05) is 0 Å². The van der Waals surface area contributed by atoms with Crippen LogP contribution in [-0.2, 0) is 23.8 Å². The van der Waals surface area contributed by atoms with Gasteiger partial charge in [-0.25, -0.2) is 4.79 Å². The Morgan fingerprint density at radius 2 is 2.00 bits per heavy atom. The van der Waals surface area contributed by atoms with Crippen molar-refractivity contribution in [2.45, 2.75) is 13.2 Å². The van der Waals surface area contributed by atoms with Crippen molar-refractivity contribution in [2.24, 2.45) is 0 Å².